The van der Waals surface area contributed by atoms with E-state index in [1.54, 1.807) is 0 Å². The van der Waals surface area contributed by atoms with Crippen molar-refractivity contribution >= 4 is 11.8 Å². The Morgan fingerprint density at radius 1 is 1.44 bits per heavy atom. The molecule has 1 atom stereocenters. The lowest BCUT2D eigenvalue weighted by molar-refractivity contribution is 0.0273. The van der Waals surface area contributed by atoms with Crippen molar-refractivity contribution in [2.24, 2.45) is 0 Å². The average Bonchev–Trinajstić information content (AvgIpc) is 2.66. The topological polar surface area (TPSA) is 50.4 Å². The number of fused-ring (bicyclic) bond motifs is 2. The van der Waals surface area contributed by atoms with Gasteiger partial charge in [0.15, 0.2) is 5.60 Å². The Kier molecular flexibility index (Phi) is 1.94. The van der Waals surface area contributed by atoms with Crippen LogP contribution in [0.25, 0.3) is 0 Å². The van der Waals surface area contributed by atoms with Gasteiger partial charge in [0.05, 0.1) is 5.69 Å². The van der Waals surface area contributed by atoms with Crippen LogP contribution >= 0.6 is 0 Å². The standard InChI is InChI=1S/C12H14N2O2/c1-8-3-2-4-9-10(8)12(5-6-13-7-12)16-11(15)14-9/h2-4,13H,5-7H2,1H3,(H,14,15). The molecule has 1 fully saturated rings. The van der Waals surface area contributed by atoms with Crippen molar-refractivity contribution in [1.29, 1.82) is 0 Å². The second kappa shape index (κ2) is 3.22. The fraction of sp³-hybridized carbons (Fsp3) is 0.417. The minimum Gasteiger partial charge on any atom is -0.436 e. The summed E-state index contributed by atoms with van der Waals surface area (Å²) in [6.07, 6.45) is 0.500. The van der Waals surface area contributed by atoms with Crippen LogP contribution in [0, 0.1) is 6.92 Å². The molecular formula is C12H14N2O2. The van der Waals surface area contributed by atoms with Crippen LogP contribution in [0.3, 0.4) is 0 Å². The second-order valence-corrected chi connectivity index (χ2v) is 4.43. The van der Waals surface area contributed by atoms with Crippen molar-refractivity contribution in [2.45, 2.75) is 18.9 Å². The van der Waals surface area contributed by atoms with Crippen LogP contribution in [0.1, 0.15) is 17.5 Å². The number of hydrogen-bond acceptors (Lipinski definition) is 3. The lowest BCUT2D eigenvalue weighted by Crippen LogP contribution is -2.41. The SMILES string of the molecule is Cc1cccc2c1C1(CCNC1)OC(=O)N2. The molecule has 3 rings (SSSR count). The quantitative estimate of drug-likeness (QED) is 0.697. The van der Waals surface area contributed by atoms with Crippen molar-refractivity contribution in [3.63, 3.8) is 0 Å². The maximum Gasteiger partial charge on any atom is 0.412 e. The molecule has 1 unspecified atom stereocenters. The lowest BCUT2D eigenvalue weighted by atomic mass is 9.87. The van der Waals surface area contributed by atoms with Gasteiger partial charge in [0.2, 0.25) is 0 Å². The zero-order valence-electron chi connectivity index (χ0n) is 9.17. The summed E-state index contributed by atoms with van der Waals surface area (Å²) < 4.78 is 5.53. The van der Waals surface area contributed by atoms with E-state index in [2.05, 4.69) is 23.6 Å². The molecule has 2 aliphatic rings. The molecule has 2 heterocycles. The van der Waals surface area contributed by atoms with E-state index in [0.29, 0.717) is 6.54 Å². The summed E-state index contributed by atoms with van der Waals surface area (Å²) in [6.45, 7) is 3.65. The Morgan fingerprint density at radius 2 is 2.31 bits per heavy atom. The van der Waals surface area contributed by atoms with Crippen molar-refractivity contribution in [1.82, 2.24) is 5.32 Å². The molecule has 0 saturated carbocycles. The minimum absolute atomic E-state index is 0.346. The molecule has 16 heavy (non-hydrogen) atoms. The molecule has 1 amide bonds. The Morgan fingerprint density at radius 3 is 3.06 bits per heavy atom. The highest BCUT2D eigenvalue weighted by molar-refractivity contribution is 5.89. The predicted molar refractivity (Wildman–Crippen MR) is 60.4 cm³/mol. The number of carbonyl (C=O) groups is 1. The zero-order chi connectivity index (χ0) is 11.2. The number of nitrogens with one attached hydrogen (secondary N) is 2. The Balaban J connectivity index is 2.20. The predicted octanol–water partition coefficient (Wildman–Crippen LogP) is 1.75. The molecule has 1 aromatic rings. The summed E-state index contributed by atoms with van der Waals surface area (Å²) in [5.41, 5.74) is 2.73. The van der Waals surface area contributed by atoms with Gasteiger partial charge >= 0.3 is 6.09 Å². The van der Waals surface area contributed by atoms with Crippen molar-refractivity contribution in [3.8, 4) is 0 Å². The highest BCUT2D eigenvalue weighted by Gasteiger charge is 2.45. The van der Waals surface area contributed by atoms with E-state index in [0.717, 1.165) is 24.2 Å². The van der Waals surface area contributed by atoms with E-state index in [4.69, 9.17) is 4.74 Å². The van der Waals surface area contributed by atoms with Gasteiger partial charge in [-0.1, -0.05) is 12.1 Å². The second-order valence-electron chi connectivity index (χ2n) is 4.43. The van der Waals surface area contributed by atoms with Crippen LogP contribution in [0.5, 0.6) is 0 Å². The first kappa shape index (κ1) is 9.66. The van der Waals surface area contributed by atoms with E-state index >= 15 is 0 Å². The first-order valence-electron chi connectivity index (χ1n) is 5.52. The van der Waals surface area contributed by atoms with Crippen molar-refractivity contribution in [3.05, 3.63) is 29.3 Å². The molecule has 2 N–H and O–H groups in total. The molecule has 84 valence electrons. The molecule has 4 heteroatoms. The van der Waals surface area contributed by atoms with Crippen LogP contribution in [0.2, 0.25) is 0 Å². The Bertz CT molecular complexity index is 450. The van der Waals surface area contributed by atoms with Crippen molar-refractivity contribution in [2.75, 3.05) is 18.4 Å². The van der Waals surface area contributed by atoms with E-state index in [-0.39, 0.29) is 6.09 Å². The average molecular weight is 218 g/mol. The molecule has 1 saturated heterocycles. The van der Waals surface area contributed by atoms with Gasteiger partial charge in [0.25, 0.3) is 0 Å². The Labute approximate surface area is 94.0 Å². The number of hydrogen-bond donors (Lipinski definition) is 2. The third-order valence-electron chi connectivity index (χ3n) is 3.37. The molecule has 0 aliphatic carbocycles. The van der Waals surface area contributed by atoms with E-state index in [1.165, 1.54) is 5.56 Å². The summed E-state index contributed by atoms with van der Waals surface area (Å²) in [5.74, 6) is 0. The molecule has 0 bridgehead atoms. The fourth-order valence-electron chi connectivity index (χ4n) is 2.71. The summed E-state index contributed by atoms with van der Waals surface area (Å²) in [5, 5.41) is 6.03. The van der Waals surface area contributed by atoms with Crippen molar-refractivity contribution < 1.29 is 9.53 Å². The summed E-state index contributed by atoms with van der Waals surface area (Å²) in [7, 11) is 0. The largest absolute Gasteiger partial charge is 0.436 e. The summed E-state index contributed by atoms with van der Waals surface area (Å²) >= 11 is 0. The minimum atomic E-state index is -0.455. The van der Waals surface area contributed by atoms with Crippen LogP contribution in [0.15, 0.2) is 18.2 Å². The maximum absolute atomic E-state index is 11.5. The number of rotatable bonds is 0. The van der Waals surface area contributed by atoms with Crippen LogP contribution in [0.4, 0.5) is 10.5 Å². The van der Waals surface area contributed by atoms with Gasteiger partial charge in [-0.05, 0) is 25.1 Å². The maximum atomic E-state index is 11.5. The number of ether oxygens (including phenoxy) is 1. The van der Waals surface area contributed by atoms with Gasteiger partial charge in [-0.2, -0.15) is 0 Å². The van der Waals surface area contributed by atoms with Crippen LogP contribution in [-0.4, -0.2) is 19.2 Å². The third kappa shape index (κ3) is 1.23. The number of aryl methyl sites for hydroxylation is 1. The first-order valence-corrected chi connectivity index (χ1v) is 5.52. The number of carbonyl (C=O) groups excluding carboxylic acids is 1. The van der Waals surface area contributed by atoms with E-state index in [1.807, 2.05) is 12.1 Å². The molecule has 0 radical (unpaired) electrons. The molecule has 2 aliphatic heterocycles. The van der Waals surface area contributed by atoms with Crippen LogP contribution < -0.4 is 10.6 Å². The summed E-state index contributed by atoms with van der Waals surface area (Å²) in [4.78, 5) is 11.5. The fourth-order valence-corrected chi connectivity index (χ4v) is 2.71. The molecule has 4 nitrogen and oxygen atoms in total. The highest BCUT2D eigenvalue weighted by atomic mass is 16.6. The molecular weight excluding hydrogens is 204 g/mol. The molecule has 0 aromatic heterocycles. The summed E-state index contributed by atoms with van der Waals surface area (Å²) in [6, 6.07) is 5.94. The first-order chi connectivity index (χ1) is 7.71. The monoisotopic (exact) mass is 218 g/mol. The number of benzene rings is 1. The number of anilines is 1. The molecule has 1 aromatic carbocycles. The van der Waals surface area contributed by atoms with Gasteiger partial charge in [-0.15, -0.1) is 0 Å². The van der Waals surface area contributed by atoms with E-state index < -0.39 is 5.60 Å². The lowest BCUT2D eigenvalue weighted by Gasteiger charge is -2.36. The highest BCUT2D eigenvalue weighted by Crippen LogP contribution is 2.41. The van der Waals surface area contributed by atoms with Gasteiger partial charge < -0.3 is 10.1 Å². The Hall–Kier alpha value is -1.55. The van der Waals surface area contributed by atoms with Gasteiger partial charge in [0.1, 0.15) is 0 Å². The zero-order valence-corrected chi connectivity index (χ0v) is 9.17. The van der Waals surface area contributed by atoms with E-state index in [9.17, 15) is 4.79 Å². The smallest absolute Gasteiger partial charge is 0.412 e. The normalized spacial score (nSPS) is 27.4. The number of amides is 1. The van der Waals surface area contributed by atoms with Crippen LogP contribution in [-0.2, 0) is 10.3 Å². The van der Waals surface area contributed by atoms with Gasteiger partial charge in [-0.25, -0.2) is 4.79 Å². The third-order valence-corrected chi connectivity index (χ3v) is 3.37. The van der Waals surface area contributed by atoms with Gasteiger partial charge in [0, 0.05) is 18.5 Å². The van der Waals surface area contributed by atoms with Gasteiger partial charge in [-0.3, -0.25) is 5.32 Å². The molecule has 1 spiro atoms.